The van der Waals surface area contributed by atoms with Gasteiger partial charge in [-0.2, -0.15) is 11.8 Å². The van der Waals surface area contributed by atoms with Crippen molar-refractivity contribution >= 4 is 22.5 Å². The van der Waals surface area contributed by atoms with Crippen molar-refractivity contribution in [3.63, 3.8) is 0 Å². The van der Waals surface area contributed by atoms with E-state index in [1.165, 1.54) is 16.3 Å². The van der Waals surface area contributed by atoms with Gasteiger partial charge in [-0.25, -0.2) is 0 Å². The lowest BCUT2D eigenvalue weighted by Gasteiger charge is -2.01. The van der Waals surface area contributed by atoms with Crippen LogP contribution in [0.15, 0.2) is 42.5 Å². The summed E-state index contributed by atoms with van der Waals surface area (Å²) in [6.07, 6.45) is 3.78. The molecule has 0 amide bonds. The Morgan fingerprint density at radius 3 is 2.54 bits per heavy atom. The molecule has 2 aromatic rings. The van der Waals surface area contributed by atoms with Gasteiger partial charge in [-0.15, -0.1) is 0 Å². The van der Waals surface area contributed by atoms with Crippen molar-refractivity contribution in [1.82, 2.24) is 0 Å². The van der Waals surface area contributed by atoms with Crippen LogP contribution < -0.4 is 0 Å². The maximum Gasteiger partial charge on any atom is 0.0185 e. The van der Waals surface area contributed by atoms with Crippen molar-refractivity contribution in [3.8, 4) is 0 Å². The zero-order valence-electron chi connectivity index (χ0n) is 7.36. The van der Waals surface area contributed by atoms with Gasteiger partial charge in [0.05, 0.1) is 0 Å². The molecule has 0 N–H and O–H groups in total. The molecule has 0 aliphatic rings. The van der Waals surface area contributed by atoms with Gasteiger partial charge in [-0.3, -0.25) is 0 Å². The van der Waals surface area contributed by atoms with Crippen LogP contribution >= 0.6 is 11.8 Å². The van der Waals surface area contributed by atoms with Gasteiger partial charge >= 0.3 is 0 Å². The maximum atomic E-state index is 3.78. The summed E-state index contributed by atoms with van der Waals surface area (Å²) in [4.78, 5) is 0. The molecule has 0 bridgehead atoms. The highest BCUT2D eigenvalue weighted by Gasteiger charge is 1.94. The fraction of sp³-hybridized carbons (Fsp3) is 0.0833. The van der Waals surface area contributed by atoms with Crippen molar-refractivity contribution in [2.75, 3.05) is 0 Å². The molecule has 13 heavy (non-hydrogen) atoms. The van der Waals surface area contributed by atoms with Gasteiger partial charge in [0.1, 0.15) is 0 Å². The largest absolute Gasteiger partial charge is 0.156 e. The van der Waals surface area contributed by atoms with Crippen LogP contribution in [0.3, 0.4) is 0 Å². The fourth-order valence-corrected chi connectivity index (χ4v) is 1.86. The van der Waals surface area contributed by atoms with E-state index in [1.807, 2.05) is 0 Å². The third-order valence-corrected chi connectivity index (χ3v) is 2.62. The molecule has 1 radical (unpaired) electrons. The zero-order valence-corrected chi connectivity index (χ0v) is 8.18. The number of thioether (sulfide) groups is 1. The number of hydrogen-bond acceptors (Lipinski definition) is 1. The quantitative estimate of drug-likeness (QED) is 0.688. The molecule has 0 fully saturated rings. The second-order valence-corrected chi connectivity index (χ2v) is 3.73. The van der Waals surface area contributed by atoms with Crippen molar-refractivity contribution < 1.29 is 0 Å². The molecule has 0 aliphatic carbocycles. The lowest BCUT2D eigenvalue weighted by molar-refractivity contribution is 1.45. The minimum atomic E-state index is 0.991. The Labute approximate surface area is 83.0 Å². The Morgan fingerprint density at radius 2 is 1.77 bits per heavy atom. The second kappa shape index (κ2) is 3.84. The number of rotatable bonds is 2. The summed E-state index contributed by atoms with van der Waals surface area (Å²) in [5, 5.41) is 2.62. The van der Waals surface area contributed by atoms with E-state index < -0.39 is 0 Å². The van der Waals surface area contributed by atoms with Gasteiger partial charge < -0.3 is 0 Å². The highest BCUT2D eigenvalue weighted by molar-refractivity contribution is 7.99. The molecule has 2 aromatic carbocycles. The van der Waals surface area contributed by atoms with Gasteiger partial charge in [-0.1, -0.05) is 42.5 Å². The molecule has 2 rings (SSSR count). The first-order valence-electron chi connectivity index (χ1n) is 4.25. The zero-order chi connectivity index (χ0) is 9.10. The predicted octanol–water partition coefficient (Wildman–Crippen LogP) is 3.86. The molecule has 0 nitrogen and oxygen atoms in total. The van der Waals surface area contributed by atoms with Crippen LogP contribution in [-0.2, 0) is 5.75 Å². The molecule has 0 unspecified atom stereocenters. The average Bonchev–Trinajstić information content (AvgIpc) is 2.18. The van der Waals surface area contributed by atoms with E-state index in [4.69, 9.17) is 0 Å². The van der Waals surface area contributed by atoms with E-state index in [1.54, 1.807) is 11.8 Å². The predicted molar refractivity (Wildman–Crippen MR) is 60.6 cm³/mol. The molecular formula is C12H11S. The average molecular weight is 187 g/mol. The maximum absolute atomic E-state index is 3.78. The molecule has 65 valence electrons. The highest BCUT2D eigenvalue weighted by atomic mass is 32.2. The molecule has 0 aromatic heterocycles. The Morgan fingerprint density at radius 1 is 1.00 bits per heavy atom. The van der Waals surface area contributed by atoms with Crippen LogP contribution in [-0.4, -0.2) is 0 Å². The third kappa shape index (κ3) is 1.86. The van der Waals surface area contributed by atoms with Crippen LogP contribution in [0.4, 0.5) is 0 Å². The van der Waals surface area contributed by atoms with E-state index in [0.717, 1.165) is 5.75 Å². The van der Waals surface area contributed by atoms with E-state index in [9.17, 15) is 0 Å². The minimum absolute atomic E-state index is 0.991. The van der Waals surface area contributed by atoms with Crippen LogP contribution in [0.25, 0.3) is 10.8 Å². The van der Waals surface area contributed by atoms with Crippen molar-refractivity contribution in [2.45, 2.75) is 5.75 Å². The Balaban J connectivity index is 2.49. The number of benzene rings is 2. The third-order valence-electron chi connectivity index (χ3n) is 2.08. The molecule has 0 saturated carbocycles. The lowest BCUT2D eigenvalue weighted by Crippen LogP contribution is -1.79. The monoisotopic (exact) mass is 187 g/mol. The molecule has 0 saturated heterocycles. The van der Waals surface area contributed by atoms with Crippen LogP contribution in [0, 0.1) is 6.26 Å². The molecule has 0 aliphatic heterocycles. The molecule has 0 atom stereocenters. The molecule has 1 heteroatoms. The summed E-state index contributed by atoms with van der Waals surface area (Å²) < 4.78 is 0. The van der Waals surface area contributed by atoms with Crippen LogP contribution in [0.2, 0.25) is 0 Å². The number of fused-ring (bicyclic) bond motifs is 1. The van der Waals surface area contributed by atoms with Crippen molar-refractivity contribution in [3.05, 3.63) is 54.3 Å². The lowest BCUT2D eigenvalue weighted by atomic mass is 10.1. The summed E-state index contributed by atoms with van der Waals surface area (Å²) in [7, 11) is 0. The van der Waals surface area contributed by atoms with Gasteiger partial charge in [0.25, 0.3) is 0 Å². The summed E-state index contributed by atoms with van der Waals surface area (Å²) in [5.41, 5.74) is 1.35. The molecular weight excluding hydrogens is 176 g/mol. The van der Waals surface area contributed by atoms with Gasteiger partial charge in [0.2, 0.25) is 0 Å². The molecule has 0 spiro atoms. The van der Waals surface area contributed by atoms with Crippen LogP contribution in [0.5, 0.6) is 0 Å². The Hall–Kier alpha value is -0.950. The first kappa shape index (κ1) is 8.64. The summed E-state index contributed by atoms with van der Waals surface area (Å²) >= 11 is 1.61. The first-order valence-corrected chi connectivity index (χ1v) is 5.40. The van der Waals surface area contributed by atoms with Crippen LogP contribution in [0.1, 0.15) is 5.56 Å². The standard InChI is InChI=1S/C12H11S/c1-13-9-10-6-7-11-4-2-3-5-12(11)8-10/h2-8H,1,9H2. The summed E-state index contributed by atoms with van der Waals surface area (Å²) in [5.74, 6) is 0.991. The summed E-state index contributed by atoms with van der Waals surface area (Å²) in [6, 6.07) is 15.0. The minimum Gasteiger partial charge on any atom is -0.156 e. The normalized spacial score (nSPS) is 10.5. The van der Waals surface area contributed by atoms with Crippen molar-refractivity contribution in [2.24, 2.45) is 0 Å². The van der Waals surface area contributed by atoms with Crippen molar-refractivity contribution in [1.29, 1.82) is 0 Å². The number of hydrogen-bond donors (Lipinski definition) is 0. The molecule has 0 heterocycles. The smallest absolute Gasteiger partial charge is 0.0185 e. The Bertz CT molecular complexity index is 407. The van der Waals surface area contributed by atoms with E-state index in [-0.39, 0.29) is 0 Å². The summed E-state index contributed by atoms with van der Waals surface area (Å²) in [6.45, 7) is 0. The highest BCUT2D eigenvalue weighted by Crippen LogP contribution is 2.18. The first-order chi connectivity index (χ1) is 6.40. The van der Waals surface area contributed by atoms with E-state index >= 15 is 0 Å². The Kier molecular flexibility index (Phi) is 2.55. The van der Waals surface area contributed by atoms with Gasteiger partial charge in [0, 0.05) is 12.0 Å². The van der Waals surface area contributed by atoms with E-state index in [0.29, 0.717) is 0 Å². The topological polar surface area (TPSA) is 0 Å². The van der Waals surface area contributed by atoms with Gasteiger partial charge in [-0.05, 0) is 16.3 Å². The second-order valence-electron chi connectivity index (χ2n) is 3.03. The fourth-order valence-electron chi connectivity index (χ4n) is 1.45. The van der Waals surface area contributed by atoms with E-state index in [2.05, 4.69) is 48.7 Å². The SMILES string of the molecule is [CH2]SCc1ccc2ccccc2c1. The van der Waals surface area contributed by atoms with Gasteiger partial charge in [0.15, 0.2) is 0 Å².